The molecule has 3 aromatic rings. The van der Waals surface area contributed by atoms with Gasteiger partial charge in [-0.1, -0.05) is 48.5 Å². The Bertz CT molecular complexity index is 1090. The Kier molecular flexibility index (Phi) is 6.49. The van der Waals surface area contributed by atoms with Gasteiger partial charge in [-0.2, -0.15) is 0 Å². The van der Waals surface area contributed by atoms with Gasteiger partial charge in [-0.3, -0.25) is 19.5 Å². The van der Waals surface area contributed by atoms with Crippen LogP contribution in [0.25, 0.3) is 0 Å². The number of carbonyl (C=O) groups is 2. The number of anilines is 1. The average Bonchev–Trinajstić information content (AvgIpc) is 2.74. The number of nitrogens with zero attached hydrogens (tertiary/aromatic N) is 1. The molecule has 3 rings (SSSR count). The van der Waals surface area contributed by atoms with Crippen LogP contribution in [0.5, 0.6) is 11.5 Å². The number of pyridine rings is 1. The third-order valence-electron chi connectivity index (χ3n) is 4.18. The van der Waals surface area contributed by atoms with Crippen molar-refractivity contribution in [2.75, 3.05) is 5.32 Å². The Morgan fingerprint density at radius 3 is 2.30 bits per heavy atom. The highest BCUT2D eigenvalue weighted by Crippen LogP contribution is 2.28. The number of hydrogen-bond acceptors (Lipinski definition) is 5. The number of aliphatic carboxylic acids is 1. The number of aromatic nitrogens is 1. The molecule has 0 fully saturated rings. The highest BCUT2D eigenvalue weighted by molar-refractivity contribution is 5.86. The Balaban J connectivity index is 1.89. The summed E-state index contributed by atoms with van der Waals surface area (Å²) in [6.07, 6.45) is -0.861. The number of aryl methyl sites for hydroxylation is 1. The van der Waals surface area contributed by atoms with Crippen molar-refractivity contribution in [3.63, 3.8) is 0 Å². The van der Waals surface area contributed by atoms with Crippen molar-refractivity contribution in [2.45, 2.75) is 20.1 Å². The van der Waals surface area contributed by atoms with Gasteiger partial charge in [0.1, 0.15) is 18.9 Å². The first-order valence-corrected chi connectivity index (χ1v) is 9.11. The minimum Gasteiger partial charge on any atom is -0.480 e. The lowest BCUT2D eigenvalue weighted by molar-refractivity contribution is -0.137. The molecule has 2 N–H and O–H groups in total. The highest BCUT2D eigenvalue weighted by atomic mass is 16.5. The molecule has 0 unspecified atom stereocenters. The van der Waals surface area contributed by atoms with Crippen LogP contribution in [0, 0.1) is 6.92 Å². The zero-order valence-corrected chi connectivity index (χ0v) is 16.2. The number of benzene rings is 2. The topological polar surface area (TPSA) is 107 Å². The van der Waals surface area contributed by atoms with Crippen molar-refractivity contribution in [1.29, 1.82) is 0 Å². The van der Waals surface area contributed by atoms with Crippen molar-refractivity contribution in [3.05, 3.63) is 88.3 Å². The minimum absolute atomic E-state index is 0.0106. The molecule has 0 atom stereocenters. The second-order valence-corrected chi connectivity index (χ2v) is 6.41. The molecule has 8 heteroatoms. The lowest BCUT2D eigenvalue weighted by Gasteiger charge is -2.16. The van der Waals surface area contributed by atoms with Crippen LogP contribution in [0.3, 0.4) is 0 Å². The lowest BCUT2D eigenvalue weighted by atomic mass is 10.2. The number of para-hydroxylation sites is 1. The predicted molar refractivity (Wildman–Crippen MR) is 110 cm³/mol. The third-order valence-corrected chi connectivity index (χ3v) is 4.18. The normalized spacial score (nSPS) is 10.3. The summed E-state index contributed by atoms with van der Waals surface area (Å²) in [4.78, 5) is 36.3. The van der Waals surface area contributed by atoms with Crippen LogP contribution in [-0.4, -0.2) is 21.7 Å². The third kappa shape index (κ3) is 5.26. The van der Waals surface area contributed by atoms with Gasteiger partial charge in [0.2, 0.25) is 0 Å². The first-order valence-electron chi connectivity index (χ1n) is 9.11. The fraction of sp³-hybridized carbons (Fsp3) is 0.136. The number of nitrogens with one attached hydrogen (secondary N) is 1. The summed E-state index contributed by atoms with van der Waals surface area (Å²) in [5.41, 5.74) is 0.237. The van der Waals surface area contributed by atoms with Crippen LogP contribution in [-0.2, 0) is 22.7 Å². The summed E-state index contributed by atoms with van der Waals surface area (Å²) >= 11 is 0. The predicted octanol–water partition coefficient (Wildman–Crippen LogP) is 3.78. The van der Waals surface area contributed by atoms with Crippen molar-refractivity contribution < 1.29 is 24.2 Å². The smallest absolute Gasteiger partial charge is 0.412 e. The number of amides is 1. The van der Waals surface area contributed by atoms with E-state index < -0.39 is 24.2 Å². The zero-order chi connectivity index (χ0) is 21.5. The Hall–Kier alpha value is -4.07. The molecule has 154 valence electrons. The maximum atomic E-state index is 12.9. The van der Waals surface area contributed by atoms with Crippen molar-refractivity contribution in [1.82, 2.24) is 4.57 Å². The van der Waals surface area contributed by atoms with Gasteiger partial charge < -0.3 is 14.6 Å². The van der Waals surface area contributed by atoms with Gasteiger partial charge in [-0.05, 0) is 24.6 Å². The van der Waals surface area contributed by atoms with E-state index in [2.05, 4.69) is 5.32 Å². The fourth-order valence-corrected chi connectivity index (χ4v) is 2.74. The van der Waals surface area contributed by atoms with Gasteiger partial charge in [0.25, 0.3) is 5.56 Å². The average molecular weight is 408 g/mol. The van der Waals surface area contributed by atoms with E-state index in [0.717, 1.165) is 10.1 Å². The molecule has 0 aliphatic heterocycles. The molecule has 0 spiro atoms. The van der Waals surface area contributed by atoms with Gasteiger partial charge in [0.15, 0.2) is 11.4 Å². The maximum Gasteiger partial charge on any atom is 0.412 e. The van der Waals surface area contributed by atoms with E-state index in [9.17, 15) is 14.4 Å². The number of carbonyl (C=O) groups excluding carboxylic acids is 1. The van der Waals surface area contributed by atoms with E-state index in [4.69, 9.17) is 14.6 Å². The number of hydrogen-bond donors (Lipinski definition) is 2. The molecule has 0 aliphatic carbocycles. The summed E-state index contributed by atoms with van der Waals surface area (Å²) in [5, 5.41) is 11.5. The van der Waals surface area contributed by atoms with Crippen LogP contribution in [0.15, 0.2) is 71.5 Å². The summed E-state index contributed by atoms with van der Waals surface area (Å²) in [5.74, 6) is -0.649. The number of carboxylic acid groups (broad SMARTS) is 1. The maximum absolute atomic E-state index is 12.9. The van der Waals surface area contributed by atoms with Crippen LogP contribution in [0.4, 0.5) is 10.5 Å². The molecule has 0 radical (unpaired) electrons. The van der Waals surface area contributed by atoms with E-state index in [0.29, 0.717) is 11.4 Å². The fourth-order valence-electron chi connectivity index (χ4n) is 2.74. The summed E-state index contributed by atoms with van der Waals surface area (Å²) in [6.45, 7) is 1.04. The van der Waals surface area contributed by atoms with Gasteiger partial charge >= 0.3 is 12.1 Å². The van der Waals surface area contributed by atoms with E-state index in [-0.39, 0.29) is 18.0 Å². The van der Waals surface area contributed by atoms with Crippen LogP contribution >= 0.6 is 0 Å². The molecule has 30 heavy (non-hydrogen) atoms. The van der Waals surface area contributed by atoms with E-state index in [1.54, 1.807) is 43.3 Å². The summed E-state index contributed by atoms with van der Waals surface area (Å²) in [6, 6.07) is 19.3. The second kappa shape index (κ2) is 9.42. The lowest BCUT2D eigenvalue weighted by Crippen LogP contribution is -2.30. The standard InChI is InChI=1S/C22H20N2O6/c1-15-12-18(30-17-10-6-3-7-11-17)20(21(27)24(15)13-19(25)26)23-22(28)29-14-16-8-4-2-5-9-16/h2-12H,13-14H2,1H3,(H,23,28)(H,25,26). The summed E-state index contributed by atoms with van der Waals surface area (Å²) in [7, 11) is 0. The first-order chi connectivity index (χ1) is 14.4. The minimum atomic E-state index is -1.19. The Labute approximate surface area is 172 Å². The van der Waals surface area contributed by atoms with Crippen LogP contribution < -0.4 is 15.6 Å². The van der Waals surface area contributed by atoms with Crippen molar-refractivity contribution in [2.24, 2.45) is 0 Å². The summed E-state index contributed by atoms with van der Waals surface area (Å²) < 4.78 is 12.0. The second-order valence-electron chi connectivity index (χ2n) is 6.41. The molecule has 0 saturated heterocycles. The van der Waals surface area contributed by atoms with Crippen LogP contribution in [0.2, 0.25) is 0 Å². The molecule has 0 saturated carbocycles. The first kappa shape index (κ1) is 20.7. The molecule has 1 amide bonds. The molecule has 1 aromatic heterocycles. The van der Waals surface area contributed by atoms with Gasteiger partial charge in [0, 0.05) is 11.8 Å². The molecule has 2 aromatic carbocycles. The molecule has 8 nitrogen and oxygen atoms in total. The molecule has 0 bridgehead atoms. The highest BCUT2D eigenvalue weighted by Gasteiger charge is 2.19. The Morgan fingerprint density at radius 1 is 1.03 bits per heavy atom. The van der Waals surface area contributed by atoms with Gasteiger partial charge in [0.05, 0.1) is 0 Å². The molecular formula is C22H20N2O6. The van der Waals surface area contributed by atoms with Crippen LogP contribution in [0.1, 0.15) is 11.3 Å². The van der Waals surface area contributed by atoms with Crippen molar-refractivity contribution in [3.8, 4) is 11.5 Å². The monoisotopic (exact) mass is 408 g/mol. The number of rotatable bonds is 7. The number of carboxylic acids is 1. The molecule has 1 heterocycles. The zero-order valence-electron chi connectivity index (χ0n) is 16.2. The SMILES string of the molecule is Cc1cc(Oc2ccccc2)c(NC(=O)OCc2ccccc2)c(=O)n1CC(=O)O. The largest absolute Gasteiger partial charge is 0.480 e. The quantitative estimate of drug-likeness (QED) is 0.616. The van der Waals surface area contributed by atoms with E-state index in [1.807, 2.05) is 24.3 Å². The van der Waals surface area contributed by atoms with Gasteiger partial charge in [-0.25, -0.2) is 4.79 Å². The molecule has 0 aliphatic rings. The number of ether oxygens (including phenoxy) is 2. The van der Waals surface area contributed by atoms with E-state index in [1.165, 1.54) is 6.07 Å². The van der Waals surface area contributed by atoms with E-state index >= 15 is 0 Å². The van der Waals surface area contributed by atoms with Gasteiger partial charge in [-0.15, -0.1) is 0 Å². The molecular weight excluding hydrogens is 388 g/mol. The van der Waals surface area contributed by atoms with Crippen molar-refractivity contribution >= 4 is 17.7 Å². The Morgan fingerprint density at radius 2 is 1.67 bits per heavy atom.